The highest BCUT2D eigenvalue weighted by molar-refractivity contribution is 5.89. The molecule has 0 aliphatic carbocycles. The molecule has 0 spiro atoms. The van der Waals surface area contributed by atoms with E-state index in [4.69, 9.17) is 15.2 Å². The van der Waals surface area contributed by atoms with Crippen LogP contribution in [0, 0.1) is 0 Å². The Labute approximate surface area is 158 Å². The molecule has 0 saturated carbocycles. The van der Waals surface area contributed by atoms with E-state index < -0.39 is 6.10 Å². The number of aliphatic hydroxyl groups is 1. The van der Waals surface area contributed by atoms with E-state index in [0.29, 0.717) is 31.1 Å². The monoisotopic (exact) mass is 371 g/mol. The van der Waals surface area contributed by atoms with Crippen LogP contribution in [0.25, 0.3) is 0 Å². The molecule has 0 amide bonds. The molecule has 2 atom stereocenters. The number of esters is 1. The number of carbonyl (C=O) groups excluding carboxylic acids is 1. The third-order valence-electron chi connectivity index (χ3n) is 4.50. The van der Waals surface area contributed by atoms with Crippen LogP contribution in [0.3, 0.4) is 0 Å². The first-order valence-corrected chi connectivity index (χ1v) is 9.13. The van der Waals surface area contributed by atoms with E-state index in [1.54, 1.807) is 31.3 Å². The van der Waals surface area contributed by atoms with Gasteiger partial charge in [-0.15, -0.1) is 0 Å². The molecule has 1 aromatic carbocycles. The van der Waals surface area contributed by atoms with E-state index >= 15 is 0 Å². The number of nitrogen functional groups attached to an aromatic ring is 1. The molecule has 4 N–H and O–H groups in total. The number of aryl methyl sites for hydroxylation is 1. The van der Waals surface area contributed by atoms with E-state index in [1.807, 2.05) is 12.1 Å². The Bertz CT molecular complexity index is 779. The minimum Gasteiger partial charge on any atom is -0.489 e. The Morgan fingerprint density at radius 3 is 3.04 bits per heavy atom. The number of carbonyl (C=O) groups is 1. The smallest absolute Gasteiger partial charge is 0.338 e. The van der Waals surface area contributed by atoms with Crippen molar-refractivity contribution < 1.29 is 19.4 Å². The molecule has 144 valence electrons. The fourth-order valence-corrected chi connectivity index (χ4v) is 3.04. The molecule has 2 aromatic rings. The second-order valence-corrected chi connectivity index (χ2v) is 6.51. The number of aliphatic hydroxyl groups excluding tert-OH is 1. The second-order valence-electron chi connectivity index (χ2n) is 6.51. The third kappa shape index (κ3) is 4.96. The summed E-state index contributed by atoms with van der Waals surface area (Å²) in [5.41, 5.74) is 7.84. The molecule has 27 heavy (non-hydrogen) atoms. The van der Waals surface area contributed by atoms with Crippen LogP contribution in [0.1, 0.15) is 40.9 Å². The number of benzene rings is 1. The van der Waals surface area contributed by atoms with Crippen molar-refractivity contribution in [3.8, 4) is 5.75 Å². The van der Waals surface area contributed by atoms with Crippen LogP contribution in [0.15, 0.2) is 36.5 Å². The highest BCUT2D eigenvalue weighted by Crippen LogP contribution is 2.28. The summed E-state index contributed by atoms with van der Waals surface area (Å²) in [5.74, 6) is 0.916. The maximum atomic E-state index is 11.8. The summed E-state index contributed by atoms with van der Waals surface area (Å²) < 4.78 is 11.0. The maximum Gasteiger partial charge on any atom is 0.338 e. The number of hydrogen-bond acceptors (Lipinski definition) is 7. The highest BCUT2D eigenvalue weighted by atomic mass is 16.5. The van der Waals surface area contributed by atoms with Gasteiger partial charge in [-0.2, -0.15) is 0 Å². The van der Waals surface area contributed by atoms with Crippen molar-refractivity contribution in [2.24, 2.45) is 0 Å². The lowest BCUT2D eigenvalue weighted by Crippen LogP contribution is -2.36. The van der Waals surface area contributed by atoms with Crippen LogP contribution in [-0.2, 0) is 11.2 Å². The first-order valence-electron chi connectivity index (χ1n) is 9.13. The summed E-state index contributed by atoms with van der Waals surface area (Å²) in [6.07, 6.45) is 2.62. The van der Waals surface area contributed by atoms with E-state index in [1.165, 1.54) is 0 Å². The number of pyridine rings is 1. The van der Waals surface area contributed by atoms with E-state index in [2.05, 4.69) is 10.3 Å². The molecule has 7 nitrogen and oxygen atoms in total. The summed E-state index contributed by atoms with van der Waals surface area (Å²) in [6.45, 7) is 3.18. The normalized spacial score (nSPS) is 16.9. The molecule has 1 aromatic heterocycles. The molecular formula is C20H25N3O4. The van der Waals surface area contributed by atoms with Crippen LogP contribution in [0.4, 0.5) is 5.82 Å². The molecule has 0 fully saturated rings. The molecule has 1 aliphatic rings. The fourth-order valence-electron chi connectivity index (χ4n) is 3.04. The summed E-state index contributed by atoms with van der Waals surface area (Å²) in [6, 6.07) is 8.83. The van der Waals surface area contributed by atoms with Gasteiger partial charge in [0.1, 0.15) is 17.7 Å². The number of nitrogens with two attached hydrogens (primary N) is 1. The van der Waals surface area contributed by atoms with Gasteiger partial charge in [0.2, 0.25) is 0 Å². The van der Waals surface area contributed by atoms with Gasteiger partial charge < -0.3 is 25.6 Å². The molecule has 0 radical (unpaired) electrons. The van der Waals surface area contributed by atoms with Crippen molar-refractivity contribution in [3.05, 3.63) is 53.2 Å². The summed E-state index contributed by atoms with van der Waals surface area (Å²) in [4.78, 5) is 15.8. The van der Waals surface area contributed by atoms with Crippen molar-refractivity contribution in [1.29, 1.82) is 0 Å². The lowest BCUT2D eigenvalue weighted by Gasteiger charge is -2.27. The quantitative estimate of drug-likeness (QED) is 0.638. The van der Waals surface area contributed by atoms with Gasteiger partial charge >= 0.3 is 5.97 Å². The number of fused-ring (bicyclic) bond motifs is 1. The Morgan fingerprint density at radius 1 is 1.44 bits per heavy atom. The number of rotatable bonds is 7. The van der Waals surface area contributed by atoms with Gasteiger partial charge in [0, 0.05) is 24.8 Å². The van der Waals surface area contributed by atoms with Crippen LogP contribution in [-0.4, -0.2) is 41.9 Å². The standard InChI is InChI=1S/C20H25N3O4/c1-2-26-20(25)14-4-7-18-13(9-14)3-6-16(27-18)11-22-12-17(24)15-5-8-19(21)23-10-15/h4-5,7-10,16-17,22,24H,2-3,6,11-12H2,1H3,(H2,21,23). The number of hydrogen-bond donors (Lipinski definition) is 3. The highest BCUT2D eigenvalue weighted by Gasteiger charge is 2.21. The van der Waals surface area contributed by atoms with Gasteiger partial charge in [-0.05, 0) is 49.6 Å². The molecule has 2 heterocycles. The van der Waals surface area contributed by atoms with Gasteiger partial charge in [-0.25, -0.2) is 9.78 Å². The minimum absolute atomic E-state index is 0.0164. The van der Waals surface area contributed by atoms with Gasteiger partial charge in [0.25, 0.3) is 0 Å². The van der Waals surface area contributed by atoms with Gasteiger partial charge in [-0.3, -0.25) is 0 Å². The van der Waals surface area contributed by atoms with E-state index in [9.17, 15) is 9.90 Å². The largest absolute Gasteiger partial charge is 0.489 e. The number of anilines is 1. The van der Waals surface area contributed by atoms with Gasteiger partial charge in [-0.1, -0.05) is 6.07 Å². The Morgan fingerprint density at radius 2 is 2.30 bits per heavy atom. The van der Waals surface area contributed by atoms with Crippen LogP contribution in [0.2, 0.25) is 0 Å². The Hall–Kier alpha value is -2.64. The first kappa shape index (κ1) is 19.1. The van der Waals surface area contributed by atoms with E-state index in [-0.39, 0.29) is 12.1 Å². The zero-order chi connectivity index (χ0) is 19.2. The average Bonchev–Trinajstić information content (AvgIpc) is 2.68. The van der Waals surface area contributed by atoms with Gasteiger partial charge in [0.05, 0.1) is 18.3 Å². The predicted molar refractivity (Wildman–Crippen MR) is 102 cm³/mol. The van der Waals surface area contributed by atoms with Crippen molar-refractivity contribution in [2.75, 3.05) is 25.4 Å². The lowest BCUT2D eigenvalue weighted by molar-refractivity contribution is 0.0526. The van der Waals surface area contributed by atoms with Crippen LogP contribution >= 0.6 is 0 Å². The van der Waals surface area contributed by atoms with Gasteiger partial charge in [0.15, 0.2) is 0 Å². The van der Waals surface area contributed by atoms with E-state index in [0.717, 1.165) is 29.7 Å². The maximum absolute atomic E-state index is 11.8. The minimum atomic E-state index is -0.652. The average molecular weight is 371 g/mol. The second kappa shape index (κ2) is 8.83. The SMILES string of the molecule is CCOC(=O)c1ccc2c(c1)CCC(CNCC(O)c1ccc(N)nc1)O2. The molecule has 1 aliphatic heterocycles. The van der Waals surface area contributed by atoms with Crippen molar-refractivity contribution in [3.63, 3.8) is 0 Å². The lowest BCUT2D eigenvalue weighted by atomic mass is 10.00. The predicted octanol–water partition coefficient (Wildman–Crippen LogP) is 1.86. The number of aromatic nitrogens is 1. The number of ether oxygens (including phenoxy) is 2. The fraction of sp³-hybridized carbons (Fsp3) is 0.400. The molecule has 3 rings (SSSR count). The van der Waals surface area contributed by atoms with Crippen molar-refractivity contribution in [1.82, 2.24) is 10.3 Å². The molecular weight excluding hydrogens is 346 g/mol. The van der Waals surface area contributed by atoms with Crippen LogP contribution < -0.4 is 15.8 Å². The van der Waals surface area contributed by atoms with Crippen molar-refractivity contribution in [2.45, 2.75) is 32.0 Å². The topological polar surface area (TPSA) is 107 Å². The Balaban J connectivity index is 1.49. The Kier molecular flexibility index (Phi) is 6.26. The zero-order valence-corrected chi connectivity index (χ0v) is 15.4. The van der Waals surface area contributed by atoms with Crippen LogP contribution in [0.5, 0.6) is 5.75 Å². The first-order chi connectivity index (χ1) is 13.1. The molecule has 7 heteroatoms. The number of nitrogens with one attached hydrogen (secondary N) is 1. The molecule has 0 bridgehead atoms. The zero-order valence-electron chi connectivity index (χ0n) is 15.4. The number of nitrogens with zero attached hydrogens (tertiary/aromatic N) is 1. The summed E-state index contributed by atoms with van der Waals surface area (Å²) in [7, 11) is 0. The van der Waals surface area contributed by atoms with Crippen molar-refractivity contribution >= 4 is 11.8 Å². The third-order valence-corrected chi connectivity index (χ3v) is 4.50. The summed E-state index contributed by atoms with van der Waals surface area (Å²) in [5, 5.41) is 13.4. The molecule has 0 saturated heterocycles. The molecule has 2 unspecified atom stereocenters. The summed E-state index contributed by atoms with van der Waals surface area (Å²) >= 11 is 0.